The molecule has 136 valence electrons. The van der Waals surface area contributed by atoms with Crippen molar-refractivity contribution in [3.05, 3.63) is 0 Å². The molecule has 1 saturated carbocycles. The van der Waals surface area contributed by atoms with E-state index in [0.717, 1.165) is 43.8 Å². The van der Waals surface area contributed by atoms with Crippen molar-refractivity contribution in [2.24, 2.45) is 4.99 Å². The molecule has 1 heterocycles. The van der Waals surface area contributed by atoms with Crippen LogP contribution in [0.1, 0.15) is 39.0 Å². The van der Waals surface area contributed by atoms with E-state index in [1.54, 1.807) is 0 Å². The zero-order valence-electron chi connectivity index (χ0n) is 14.6. The fourth-order valence-electron chi connectivity index (χ4n) is 3.29. The Balaban J connectivity index is 0.00000264. The molecule has 1 aliphatic carbocycles. The average molecular weight is 473 g/mol. The Hall–Kier alpha value is 0.660. The molecule has 2 N–H and O–H groups in total. The van der Waals surface area contributed by atoms with Gasteiger partial charge in [-0.15, -0.1) is 24.0 Å². The van der Waals surface area contributed by atoms with Gasteiger partial charge in [0.25, 0.3) is 0 Å². The third-order valence-corrected chi connectivity index (χ3v) is 7.42. The van der Waals surface area contributed by atoms with Crippen molar-refractivity contribution in [3.8, 4) is 0 Å². The fourth-order valence-corrected chi connectivity index (χ4v) is 5.22. The maximum absolute atomic E-state index is 5.51. The van der Waals surface area contributed by atoms with Crippen LogP contribution in [-0.4, -0.2) is 60.8 Å². The summed E-state index contributed by atoms with van der Waals surface area (Å²) in [7, 11) is 1.87. The fraction of sp³-hybridized carbons (Fsp3) is 0.938. The molecule has 0 aromatic rings. The Kier molecular flexibility index (Phi) is 10.7. The summed E-state index contributed by atoms with van der Waals surface area (Å²) in [6.07, 6.45) is 8.32. The van der Waals surface area contributed by atoms with E-state index in [2.05, 4.69) is 40.6 Å². The molecule has 7 heteroatoms. The van der Waals surface area contributed by atoms with Gasteiger partial charge in [-0.05, 0) is 44.1 Å². The first-order valence-corrected chi connectivity index (χ1v) is 10.7. The maximum Gasteiger partial charge on any atom is 0.191 e. The molecule has 2 aliphatic rings. The number of nitrogens with zero attached hydrogens (tertiary/aromatic N) is 1. The Morgan fingerprint density at radius 3 is 2.65 bits per heavy atom. The first-order chi connectivity index (χ1) is 10.7. The van der Waals surface area contributed by atoms with Gasteiger partial charge in [-0.2, -0.15) is 23.5 Å². The second-order valence-electron chi connectivity index (χ2n) is 6.16. The van der Waals surface area contributed by atoms with Crippen LogP contribution in [0, 0.1) is 0 Å². The number of rotatable bonds is 6. The van der Waals surface area contributed by atoms with Crippen molar-refractivity contribution in [1.29, 1.82) is 0 Å². The van der Waals surface area contributed by atoms with E-state index in [-0.39, 0.29) is 24.0 Å². The molecule has 2 atom stereocenters. The molecule has 2 fully saturated rings. The van der Waals surface area contributed by atoms with E-state index in [9.17, 15) is 0 Å². The van der Waals surface area contributed by atoms with Gasteiger partial charge in [0, 0.05) is 42.8 Å². The van der Waals surface area contributed by atoms with Crippen molar-refractivity contribution in [2.75, 3.05) is 38.8 Å². The quantitative estimate of drug-likeness (QED) is 0.352. The minimum absolute atomic E-state index is 0. The third kappa shape index (κ3) is 6.82. The van der Waals surface area contributed by atoms with Gasteiger partial charge in [0.1, 0.15) is 0 Å². The van der Waals surface area contributed by atoms with Crippen molar-refractivity contribution < 1.29 is 4.74 Å². The number of nitrogens with one attached hydrogen (secondary N) is 2. The Morgan fingerprint density at radius 1 is 1.30 bits per heavy atom. The average Bonchev–Trinajstić information content (AvgIpc) is 3.00. The highest BCUT2D eigenvalue weighted by atomic mass is 127. The summed E-state index contributed by atoms with van der Waals surface area (Å²) in [6, 6.07) is 0.579. The second kappa shape index (κ2) is 11.3. The monoisotopic (exact) mass is 473 g/mol. The van der Waals surface area contributed by atoms with Crippen LogP contribution in [0.5, 0.6) is 0 Å². The van der Waals surface area contributed by atoms with Crippen LogP contribution < -0.4 is 10.6 Å². The van der Waals surface area contributed by atoms with E-state index in [0.29, 0.717) is 10.8 Å². The highest BCUT2D eigenvalue weighted by Crippen LogP contribution is 2.33. The summed E-state index contributed by atoms with van der Waals surface area (Å²) in [5, 5.41) is 8.01. The molecule has 0 bridgehead atoms. The highest BCUT2D eigenvalue weighted by Gasteiger charge is 2.32. The molecule has 2 rings (SSSR count). The first kappa shape index (κ1) is 21.7. The molecule has 23 heavy (non-hydrogen) atoms. The zero-order valence-corrected chi connectivity index (χ0v) is 18.6. The molecule has 0 amide bonds. The van der Waals surface area contributed by atoms with Crippen LogP contribution in [0.2, 0.25) is 0 Å². The number of ether oxygens (including phenoxy) is 1. The van der Waals surface area contributed by atoms with E-state index in [1.165, 1.54) is 25.0 Å². The zero-order chi connectivity index (χ0) is 15.8. The van der Waals surface area contributed by atoms with E-state index in [4.69, 9.17) is 4.74 Å². The molecule has 0 aromatic carbocycles. The summed E-state index contributed by atoms with van der Waals surface area (Å²) in [4.78, 5) is 4.42. The molecule has 0 spiro atoms. The van der Waals surface area contributed by atoms with Gasteiger partial charge in [0.2, 0.25) is 0 Å². The number of guanidine groups is 1. The third-order valence-electron chi connectivity index (χ3n) is 4.77. The molecule has 1 saturated heterocycles. The van der Waals surface area contributed by atoms with Gasteiger partial charge < -0.3 is 15.4 Å². The number of halogens is 1. The van der Waals surface area contributed by atoms with Crippen LogP contribution in [0.15, 0.2) is 4.99 Å². The summed E-state index contributed by atoms with van der Waals surface area (Å²) < 4.78 is 5.81. The molecule has 0 aromatic heterocycles. The van der Waals surface area contributed by atoms with Gasteiger partial charge in [-0.25, -0.2) is 0 Å². The summed E-state index contributed by atoms with van der Waals surface area (Å²) >= 11 is 4.07. The summed E-state index contributed by atoms with van der Waals surface area (Å²) in [5.74, 6) is 2.19. The van der Waals surface area contributed by atoms with E-state index < -0.39 is 0 Å². The first-order valence-electron chi connectivity index (χ1n) is 8.43. The highest BCUT2D eigenvalue weighted by molar-refractivity contribution is 14.0. The Morgan fingerprint density at radius 2 is 2.04 bits per heavy atom. The van der Waals surface area contributed by atoms with Gasteiger partial charge in [0.15, 0.2) is 5.96 Å². The maximum atomic E-state index is 5.51. The van der Waals surface area contributed by atoms with Crippen LogP contribution in [0.4, 0.5) is 0 Å². The van der Waals surface area contributed by atoms with Gasteiger partial charge >= 0.3 is 0 Å². The van der Waals surface area contributed by atoms with Crippen molar-refractivity contribution in [1.82, 2.24) is 10.6 Å². The van der Waals surface area contributed by atoms with Crippen molar-refractivity contribution in [3.63, 3.8) is 0 Å². The SMILES string of the molecule is CCSC1CCC(NC(=NC)NCC2(SC)CCOCC2)C1.I. The topological polar surface area (TPSA) is 45.7 Å². The van der Waals surface area contributed by atoms with Crippen molar-refractivity contribution in [2.45, 2.75) is 55.1 Å². The van der Waals surface area contributed by atoms with Crippen LogP contribution in [0.25, 0.3) is 0 Å². The predicted molar refractivity (Wildman–Crippen MR) is 116 cm³/mol. The Bertz CT molecular complexity index is 365. The smallest absolute Gasteiger partial charge is 0.191 e. The molecular formula is C16H32IN3OS2. The molecule has 1 aliphatic heterocycles. The number of aliphatic imine (C=N–C) groups is 1. The number of hydrogen-bond acceptors (Lipinski definition) is 4. The van der Waals surface area contributed by atoms with Gasteiger partial charge in [0.05, 0.1) is 0 Å². The normalized spacial score (nSPS) is 27.3. The van der Waals surface area contributed by atoms with E-state index in [1.807, 2.05) is 18.8 Å². The molecule has 4 nitrogen and oxygen atoms in total. The summed E-state index contributed by atoms with van der Waals surface area (Å²) in [6.45, 7) is 4.99. The van der Waals surface area contributed by atoms with E-state index >= 15 is 0 Å². The predicted octanol–water partition coefficient (Wildman–Crippen LogP) is 3.36. The number of hydrogen-bond donors (Lipinski definition) is 2. The lowest BCUT2D eigenvalue weighted by atomic mass is 9.99. The molecule has 0 radical (unpaired) electrons. The van der Waals surface area contributed by atoms with Gasteiger partial charge in [-0.1, -0.05) is 6.92 Å². The van der Waals surface area contributed by atoms with Crippen molar-refractivity contribution >= 4 is 53.5 Å². The minimum Gasteiger partial charge on any atom is -0.381 e. The van der Waals surface area contributed by atoms with Crippen LogP contribution in [0.3, 0.4) is 0 Å². The lowest BCUT2D eigenvalue weighted by molar-refractivity contribution is 0.0782. The number of thioether (sulfide) groups is 2. The van der Waals surface area contributed by atoms with Gasteiger partial charge in [-0.3, -0.25) is 4.99 Å². The van der Waals surface area contributed by atoms with Crippen LogP contribution in [-0.2, 0) is 4.74 Å². The molecular weight excluding hydrogens is 441 g/mol. The summed E-state index contributed by atoms with van der Waals surface area (Å²) in [5.41, 5.74) is 0. The minimum atomic E-state index is 0. The standard InChI is InChI=1S/C16H31N3OS2.HI/c1-4-22-14-6-5-13(11-14)19-15(17-2)18-12-16(21-3)7-9-20-10-8-16;/h13-14H,4-12H2,1-3H3,(H2,17,18,19);1H. The van der Waals surface area contributed by atoms with Crippen LogP contribution >= 0.6 is 47.5 Å². The second-order valence-corrected chi connectivity index (χ2v) is 9.01. The Labute approximate surface area is 167 Å². The molecule has 2 unspecified atom stereocenters. The largest absolute Gasteiger partial charge is 0.381 e. The lowest BCUT2D eigenvalue weighted by Crippen LogP contribution is -2.49. The lowest BCUT2D eigenvalue weighted by Gasteiger charge is -2.36.